The number of rotatable bonds is 7. The Morgan fingerprint density at radius 1 is 1.53 bits per heavy atom. The van der Waals surface area contributed by atoms with E-state index in [2.05, 4.69) is 21.4 Å². The Hall–Kier alpha value is -1.36. The van der Waals surface area contributed by atoms with Crippen molar-refractivity contribution in [2.45, 2.75) is 31.8 Å². The molecule has 2 N–H and O–H groups in total. The fourth-order valence-electron chi connectivity index (χ4n) is 1.60. The van der Waals surface area contributed by atoms with Crippen LogP contribution in [0.15, 0.2) is 5.03 Å². The van der Waals surface area contributed by atoms with Gasteiger partial charge in [-0.3, -0.25) is 5.10 Å². The zero-order chi connectivity index (χ0) is 14.5. The van der Waals surface area contributed by atoms with E-state index in [1.807, 2.05) is 6.92 Å². The lowest BCUT2D eigenvalue weighted by Gasteiger charge is -2.13. The Bertz CT molecular complexity index is 557. The molecule has 0 amide bonds. The van der Waals surface area contributed by atoms with Crippen LogP contribution in [-0.4, -0.2) is 43.1 Å². The predicted molar refractivity (Wildman–Crippen MR) is 74.0 cm³/mol. The van der Waals surface area contributed by atoms with Gasteiger partial charge in [0.2, 0.25) is 0 Å². The minimum Gasteiger partial charge on any atom is -0.313 e. The third-order valence-electron chi connectivity index (χ3n) is 2.73. The van der Waals surface area contributed by atoms with Gasteiger partial charge in [-0.05, 0) is 19.9 Å². The third-order valence-corrected chi connectivity index (χ3v) is 4.51. The molecule has 6 nitrogen and oxygen atoms in total. The van der Waals surface area contributed by atoms with E-state index >= 15 is 0 Å². The van der Waals surface area contributed by atoms with E-state index in [0.29, 0.717) is 12.1 Å². The Morgan fingerprint density at radius 2 is 2.21 bits per heavy atom. The number of hydrogen-bond donors (Lipinski definition) is 2. The van der Waals surface area contributed by atoms with Gasteiger partial charge in [-0.15, -0.1) is 6.42 Å². The highest BCUT2D eigenvalue weighted by molar-refractivity contribution is 7.89. The van der Waals surface area contributed by atoms with Crippen molar-refractivity contribution in [2.24, 2.45) is 0 Å². The zero-order valence-corrected chi connectivity index (χ0v) is 12.3. The first-order valence-electron chi connectivity index (χ1n) is 6.09. The van der Waals surface area contributed by atoms with E-state index in [4.69, 9.17) is 6.42 Å². The van der Waals surface area contributed by atoms with Gasteiger partial charge in [-0.1, -0.05) is 12.8 Å². The van der Waals surface area contributed by atoms with Crippen molar-refractivity contribution in [1.82, 2.24) is 19.8 Å². The quantitative estimate of drug-likeness (QED) is 0.563. The molecule has 0 aliphatic rings. The second kappa shape index (κ2) is 6.70. The monoisotopic (exact) mass is 284 g/mol. The van der Waals surface area contributed by atoms with E-state index in [1.165, 1.54) is 7.05 Å². The second-order valence-corrected chi connectivity index (χ2v) is 6.23. The zero-order valence-electron chi connectivity index (χ0n) is 11.5. The van der Waals surface area contributed by atoms with Crippen LogP contribution in [0.2, 0.25) is 0 Å². The summed E-state index contributed by atoms with van der Waals surface area (Å²) in [4.78, 5) is 0. The summed E-state index contributed by atoms with van der Waals surface area (Å²) in [5.74, 6) is 2.32. The fraction of sp³-hybridized carbons (Fsp3) is 0.583. The molecule has 106 valence electrons. The van der Waals surface area contributed by atoms with Crippen molar-refractivity contribution in [1.29, 1.82) is 0 Å². The highest BCUT2D eigenvalue weighted by Gasteiger charge is 2.27. The largest absolute Gasteiger partial charge is 0.313 e. The van der Waals surface area contributed by atoms with E-state index in [9.17, 15) is 8.42 Å². The fourth-order valence-corrected chi connectivity index (χ4v) is 2.84. The van der Waals surface area contributed by atoms with E-state index in [1.54, 1.807) is 6.92 Å². The lowest BCUT2D eigenvalue weighted by molar-refractivity contribution is 0.497. The molecule has 1 aromatic heterocycles. The molecular formula is C12H20N4O2S. The first-order chi connectivity index (χ1) is 8.95. The number of nitrogens with zero attached hydrogens (tertiary/aromatic N) is 2. The smallest absolute Gasteiger partial charge is 0.263 e. The SMILES string of the molecule is C#CCN(C)S(=O)(=O)c1n[nH]c(C)c1CNCCC. The Balaban J connectivity index is 3.04. The maximum absolute atomic E-state index is 12.3. The molecule has 0 bridgehead atoms. The van der Waals surface area contributed by atoms with Gasteiger partial charge < -0.3 is 5.32 Å². The van der Waals surface area contributed by atoms with Crippen LogP contribution in [0.25, 0.3) is 0 Å². The molecule has 0 unspecified atom stereocenters. The molecule has 0 fully saturated rings. The van der Waals surface area contributed by atoms with Gasteiger partial charge in [-0.2, -0.15) is 9.40 Å². The summed E-state index contributed by atoms with van der Waals surface area (Å²) >= 11 is 0. The number of sulfonamides is 1. The molecule has 1 heterocycles. The number of aryl methyl sites for hydroxylation is 1. The molecule has 0 aromatic carbocycles. The topological polar surface area (TPSA) is 78.1 Å². The summed E-state index contributed by atoms with van der Waals surface area (Å²) in [6.07, 6.45) is 6.13. The molecule has 1 rings (SSSR count). The van der Waals surface area contributed by atoms with Crippen LogP contribution in [0.1, 0.15) is 24.6 Å². The minimum absolute atomic E-state index is 0.0239. The highest BCUT2D eigenvalue weighted by Crippen LogP contribution is 2.19. The molecule has 19 heavy (non-hydrogen) atoms. The number of aromatic nitrogens is 2. The molecule has 7 heteroatoms. The summed E-state index contributed by atoms with van der Waals surface area (Å²) < 4.78 is 25.7. The molecule has 0 saturated carbocycles. The Kier molecular flexibility index (Phi) is 5.54. The van der Waals surface area contributed by atoms with Gasteiger partial charge in [0, 0.05) is 24.8 Å². The predicted octanol–water partition coefficient (Wildman–Crippen LogP) is 0.471. The van der Waals surface area contributed by atoms with Crippen LogP contribution in [-0.2, 0) is 16.6 Å². The Morgan fingerprint density at radius 3 is 2.79 bits per heavy atom. The maximum atomic E-state index is 12.3. The molecule has 0 atom stereocenters. The van der Waals surface area contributed by atoms with Gasteiger partial charge in [0.25, 0.3) is 10.0 Å². The van der Waals surface area contributed by atoms with Gasteiger partial charge in [0.1, 0.15) is 0 Å². The summed E-state index contributed by atoms with van der Waals surface area (Å²) in [6, 6.07) is 0. The number of H-pyrrole nitrogens is 1. The molecule has 1 aromatic rings. The normalized spacial score (nSPS) is 11.7. The third kappa shape index (κ3) is 3.56. The molecule has 0 saturated heterocycles. The van der Waals surface area contributed by atoms with Crippen LogP contribution in [0.4, 0.5) is 0 Å². The van der Waals surface area contributed by atoms with Crippen LogP contribution >= 0.6 is 0 Å². The van der Waals surface area contributed by atoms with Crippen LogP contribution in [0, 0.1) is 19.3 Å². The summed E-state index contributed by atoms with van der Waals surface area (Å²) in [6.45, 7) is 5.17. The lowest BCUT2D eigenvalue weighted by atomic mass is 10.2. The molecule has 0 aliphatic heterocycles. The summed E-state index contributed by atoms with van der Waals surface area (Å²) in [5.41, 5.74) is 1.41. The molecular weight excluding hydrogens is 264 g/mol. The molecule has 0 radical (unpaired) electrons. The van der Waals surface area contributed by atoms with Gasteiger partial charge in [0.05, 0.1) is 6.54 Å². The van der Waals surface area contributed by atoms with Crippen molar-refractivity contribution >= 4 is 10.0 Å². The van der Waals surface area contributed by atoms with Gasteiger partial charge in [-0.25, -0.2) is 8.42 Å². The van der Waals surface area contributed by atoms with E-state index in [0.717, 1.165) is 23.0 Å². The number of nitrogens with one attached hydrogen (secondary N) is 2. The second-order valence-electron chi connectivity index (χ2n) is 4.27. The average molecular weight is 284 g/mol. The minimum atomic E-state index is -3.64. The van der Waals surface area contributed by atoms with E-state index in [-0.39, 0.29) is 11.6 Å². The summed E-state index contributed by atoms with van der Waals surface area (Å²) in [7, 11) is -2.19. The lowest BCUT2D eigenvalue weighted by Crippen LogP contribution is -2.29. The van der Waals surface area contributed by atoms with Crippen molar-refractivity contribution in [3.63, 3.8) is 0 Å². The Labute approximate surface area is 114 Å². The van der Waals surface area contributed by atoms with Crippen molar-refractivity contribution in [3.8, 4) is 12.3 Å². The molecule has 0 spiro atoms. The number of hydrogen-bond acceptors (Lipinski definition) is 4. The highest BCUT2D eigenvalue weighted by atomic mass is 32.2. The first-order valence-corrected chi connectivity index (χ1v) is 7.53. The van der Waals surface area contributed by atoms with Crippen LogP contribution in [0.3, 0.4) is 0 Å². The van der Waals surface area contributed by atoms with Crippen molar-refractivity contribution in [2.75, 3.05) is 20.1 Å². The average Bonchev–Trinajstić information content (AvgIpc) is 2.72. The number of terminal acetylenes is 1. The van der Waals surface area contributed by atoms with Crippen molar-refractivity contribution < 1.29 is 8.42 Å². The maximum Gasteiger partial charge on any atom is 0.263 e. The van der Waals surface area contributed by atoms with Crippen molar-refractivity contribution in [3.05, 3.63) is 11.3 Å². The first kappa shape index (κ1) is 15.7. The van der Waals surface area contributed by atoms with E-state index < -0.39 is 10.0 Å². The number of aromatic amines is 1. The summed E-state index contributed by atoms with van der Waals surface area (Å²) in [5, 5.41) is 9.85. The van der Waals surface area contributed by atoms with Gasteiger partial charge >= 0.3 is 0 Å². The molecule has 0 aliphatic carbocycles. The van der Waals surface area contributed by atoms with Crippen LogP contribution in [0.5, 0.6) is 0 Å². The van der Waals surface area contributed by atoms with Crippen LogP contribution < -0.4 is 5.32 Å². The van der Waals surface area contributed by atoms with Gasteiger partial charge in [0.15, 0.2) is 5.03 Å². The standard InChI is InChI=1S/C12H20N4O2S/c1-5-7-13-9-11-10(3)14-15-12(11)19(17,18)16(4)8-6-2/h2,13H,5,7-9H2,1,3-4H3,(H,14,15).